The van der Waals surface area contributed by atoms with Crippen LogP contribution in [0.4, 0.5) is 0 Å². The largest absolute Gasteiger partial charge is 0.353 e. The van der Waals surface area contributed by atoms with Crippen molar-refractivity contribution >= 4 is 34.2 Å². The molecule has 0 fully saturated rings. The van der Waals surface area contributed by atoms with Crippen molar-refractivity contribution < 1.29 is 9.59 Å². The van der Waals surface area contributed by atoms with Crippen molar-refractivity contribution in [3.63, 3.8) is 0 Å². The zero-order valence-corrected chi connectivity index (χ0v) is 12.5. The van der Waals surface area contributed by atoms with E-state index in [4.69, 9.17) is 11.6 Å². The molecular formula is C16H17ClN2O2. The number of carbonyl (C=O) groups is 2. The maximum Gasteiger partial charge on any atom is 0.251 e. The Morgan fingerprint density at radius 1 is 1.05 bits per heavy atom. The molecule has 4 nitrogen and oxygen atoms in total. The molecule has 2 rings (SSSR count). The van der Waals surface area contributed by atoms with E-state index in [0.29, 0.717) is 18.7 Å². The summed E-state index contributed by atoms with van der Waals surface area (Å²) in [5.74, 6) is -0.393. The highest BCUT2D eigenvalue weighted by molar-refractivity contribution is 6.30. The lowest BCUT2D eigenvalue weighted by molar-refractivity contribution is -0.120. The minimum Gasteiger partial charge on any atom is -0.353 e. The third kappa shape index (κ3) is 3.95. The molecule has 2 N–H and O–H groups in total. The topological polar surface area (TPSA) is 58.2 Å². The van der Waals surface area contributed by atoms with Crippen LogP contribution in [0.1, 0.15) is 17.3 Å². The fourth-order valence-electron chi connectivity index (χ4n) is 2.02. The van der Waals surface area contributed by atoms with Gasteiger partial charge in [0.15, 0.2) is 0 Å². The first-order chi connectivity index (χ1) is 10.1. The van der Waals surface area contributed by atoms with Crippen LogP contribution < -0.4 is 10.6 Å². The summed E-state index contributed by atoms with van der Waals surface area (Å²) >= 11 is 5.63. The van der Waals surface area contributed by atoms with Crippen LogP contribution in [-0.4, -0.2) is 30.3 Å². The Bertz CT molecular complexity index is 650. The second kappa shape index (κ2) is 7.09. The van der Waals surface area contributed by atoms with Gasteiger partial charge in [-0.25, -0.2) is 0 Å². The number of benzene rings is 2. The van der Waals surface area contributed by atoms with Gasteiger partial charge in [-0.3, -0.25) is 9.59 Å². The number of fused-ring (bicyclic) bond motifs is 1. The zero-order chi connectivity index (χ0) is 15.2. The molecule has 2 amide bonds. The Balaban J connectivity index is 1.95. The van der Waals surface area contributed by atoms with Crippen molar-refractivity contribution in [2.75, 3.05) is 13.1 Å². The van der Waals surface area contributed by atoms with Gasteiger partial charge in [-0.15, -0.1) is 11.6 Å². The van der Waals surface area contributed by atoms with Crippen LogP contribution >= 0.6 is 11.6 Å². The van der Waals surface area contributed by atoms with Gasteiger partial charge in [0.2, 0.25) is 5.91 Å². The van der Waals surface area contributed by atoms with Crippen LogP contribution in [0.3, 0.4) is 0 Å². The molecule has 21 heavy (non-hydrogen) atoms. The van der Waals surface area contributed by atoms with E-state index in [1.807, 2.05) is 36.4 Å². The van der Waals surface area contributed by atoms with E-state index in [2.05, 4.69) is 10.6 Å². The van der Waals surface area contributed by atoms with E-state index in [1.54, 1.807) is 13.0 Å². The minimum absolute atomic E-state index is 0.153. The lowest BCUT2D eigenvalue weighted by Gasteiger charge is -2.09. The standard InChI is InChI=1S/C16H17ClN2O2/c1-11(17)15(20)18-9-10-19-16(21)14-8-4-6-12-5-2-3-7-13(12)14/h2-8,11H,9-10H2,1H3,(H,18,20)(H,19,21). The van der Waals surface area contributed by atoms with E-state index in [-0.39, 0.29) is 11.8 Å². The van der Waals surface area contributed by atoms with Gasteiger partial charge in [-0.1, -0.05) is 36.4 Å². The number of carbonyl (C=O) groups excluding carboxylic acids is 2. The predicted octanol–water partition coefficient (Wildman–Crippen LogP) is 2.31. The predicted molar refractivity (Wildman–Crippen MR) is 84.6 cm³/mol. The number of rotatable bonds is 5. The number of amides is 2. The van der Waals surface area contributed by atoms with Crippen molar-refractivity contribution in [1.82, 2.24) is 10.6 Å². The molecular weight excluding hydrogens is 288 g/mol. The molecule has 0 heterocycles. The molecule has 0 saturated carbocycles. The third-order valence-corrected chi connectivity index (χ3v) is 3.30. The van der Waals surface area contributed by atoms with E-state index >= 15 is 0 Å². The van der Waals surface area contributed by atoms with Gasteiger partial charge in [0.25, 0.3) is 5.91 Å². The fourth-order valence-corrected chi connectivity index (χ4v) is 2.10. The maximum absolute atomic E-state index is 12.2. The Hall–Kier alpha value is -2.07. The van der Waals surface area contributed by atoms with Gasteiger partial charge >= 0.3 is 0 Å². The van der Waals surface area contributed by atoms with E-state index in [0.717, 1.165) is 10.8 Å². The second-order valence-corrected chi connectivity index (χ2v) is 5.34. The molecule has 1 unspecified atom stereocenters. The van der Waals surface area contributed by atoms with Gasteiger partial charge in [-0.2, -0.15) is 0 Å². The van der Waals surface area contributed by atoms with Crippen molar-refractivity contribution in [3.05, 3.63) is 48.0 Å². The monoisotopic (exact) mass is 304 g/mol. The van der Waals surface area contributed by atoms with Crippen molar-refractivity contribution in [1.29, 1.82) is 0 Å². The van der Waals surface area contributed by atoms with E-state index < -0.39 is 5.38 Å². The number of alkyl halides is 1. The number of halogens is 1. The SMILES string of the molecule is CC(Cl)C(=O)NCCNC(=O)c1cccc2ccccc12. The van der Waals surface area contributed by atoms with Crippen molar-refractivity contribution in [3.8, 4) is 0 Å². The molecule has 2 aromatic carbocycles. The smallest absolute Gasteiger partial charge is 0.251 e. The first kappa shape index (κ1) is 15.3. The zero-order valence-electron chi connectivity index (χ0n) is 11.7. The molecule has 0 aliphatic carbocycles. The molecule has 1 atom stereocenters. The summed E-state index contributed by atoms with van der Waals surface area (Å²) in [5.41, 5.74) is 0.630. The molecule has 0 bridgehead atoms. The van der Waals surface area contributed by atoms with Crippen LogP contribution in [0.5, 0.6) is 0 Å². The lowest BCUT2D eigenvalue weighted by Crippen LogP contribution is -2.37. The molecule has 0 spiro atoms. The second-order valence-electron chi connectivity index (χ2n) is 4.69. The Morgan fingerprint density at radius 3 is 2.48 bits per heavy atom. The summed E-state index contributed by atoms with van der Waals surface area (Å²) in [6.07, 6.45) is 0. The number of hydrogen-bond acceptors (Lipinski definition) is 2. The first-order valence-corrected chi connectivity index (χ1v) is 7.21. The van der Waals surface area contributed by atoms with E-state index in [1.165, 1.54) is 0 Å². The summed E-state index contributed by atoms with van der Waals surface area (Å²) < 4.78 is 0. The average Bonchev–Trinajstić information content (AvgIpc) is 2.50. The molecule has 0 aliphatic heterocycles. The Morgan fingerprint density at radius 2 is 1.71 bits per heavy atom. The molecule has 2 aromatic rings. The lowest BCUT2D eigenvalue weighted by atomic mass is 10.0. The first-order valence-electron chi connectivity index (χ1n) is 6.77. The highest BCUT2D eigenvalue weighted by Gasteiger charge is 2.10. The molecule has 0 aromatic heterocycles. The highest BCUT2D eigenvalue weighted by atomic mass is 35.5. The molecule has 0 saturated heterocycles. The average molecular weight is 305 g/mol. The van der Waals surface area contributed by atoms with Crippen molar-refractivity contribution in [2.45, 2.75) is 12.3 Å². The Labute approximate surface area is 128 Å². The fraction of sp³-hybridized carbons (Fsp3) is 0.250. The highest BCUT2D eigenvalue weighted by Crippen LogP contribution is 2.18. The summed E-state index contributed by atoms with van der Waals surface area (Å²) in [5, 5.41) is 6.79. The van der Waals surface area contributed by atoms with Gasteiger partial charge in [0, 0.05) is 18.7 Å². The summed E-state index contributed by atoms with van der Waals surface area (Å²) in [7, 11) is 0. The van der Waals surface area contributed by atoms with Crippen LogP contribution in [0, 0.1) is 0 Å². The van der Waals surface area contributed by atoms with Gasteiger partial charge in [-0.05, 0) is 23.8 Å². The minimum atomic E-state index is -0.571. The van der Waals surface area contributed by atoms with Gasteiger partial charge in [0.05, 0.1) is 0 Å². The maximum atomic E-state index is 12.2. The van der Waals surface area contributed by atoms with E-state index in [9.17, 15) is 9.59 Å². The normalized spacial score (nSPS) is 11.9. The van der Waals surface area contributed by atoms with Crippen LogP contribution in [0.15, 0.2) is 42.5 Å². The summed E-state index contributed by atoms with van der Waals surface area (Å²) in [4.78, 5) is 23.5. The van der Waals surface area contributed by atoms with Crippen LogP contribution in [0.25, 0.3) is 10.8 Å². The molecule has 0 aliphatic rings. The number of hydrogen-bond donors (Lipinski definition) is 2. The molecule has 110 valence electrons. The van der Waals surface area contributed by atoms with Gasteiger partial charge in [0.1, 0.15) is 5.38 Å². The quantitative estimate of drug-likeness (QED) is 0.658. The van der Waals surface area contributed by atoms with Crippen LogP contribution in [0.2, 0.25) is 0 Å². The molecule has 5 heteroatoms. The van der Waals surface area contributed by atoms with Gasteiger partial charge < -0.3 is 10.6 Å². The molecule has 0 radical (unpaired) electrons. The summed E-state index contributed by atoms with van der Waals surface area (Å²) in [6, 6.07) is 13.3. The Kier molecular flexibility index (Phi) is 5.17. The summed E-state index contributed by atoms with van der Waals surface area (Å²) in [6.45, 7) is 2.31. The third-order valence-electron chi connectivity index (χ3n) is 3.11. The van der Waals surface area contributed by atoms with Crippen molar-refractivity contribution in [2.24, 2.45) is 0 Å². The number of nitrogens with one attached hydrogen (secondary N) is 2. The van der Waals surface area contributed by atoms with Crippen LogP contribution in [-0.2, 0) is 4.79 Å².